The second kappa shape index (κ2) is 6.87. The quantitative estimate of drug-likeness (QED) is 0.693. The van der Waals surface area contributed by atoms with Gasteiger partial charge in [-0.15, -0.1) is 0 Å². The van der Waals surface area contributed by atoms with E-state index in [0.29, 0.717) is 11.3 Å². The molecule has 1 amide bonds. The Morgan fingerprint density at radius 1 is 1.00 bits per heavy atom. The zero-order valence-electron chi connectivity index (χ0n) is 16.5. The van der Waals surface area contributed by atoms with Crippen molar-refractivity contribution in [3.05, 3.63) is 41.5 Å². The van der Waals surface area contributed by atoms with Gasteiger partial charge in [0.25, 0.3) is 0 Å². The highest BCUT2D eigenvalue weighted by Crippen LogP contribution is 2.61. The summed E-state index contributed by atoms with van der Waals surface area (Å²) < 4.78 is 0. The van der Waals surface area contributed by atoms with Crippen molar-refractivity contribution >= 4 is 12.0 Å². The molecule has 1 atom stereocenters. The third-order valence-corrected chi connectivity index (χ3v) is 7.39. The van der Waals surface area contributed by atoms with Crippen molar-refractivity contribution in [2.75, 3.05) is 0 Å². The van der Waals surface area contributed by atoms with E-state index in [1.807, 2.05) is 6.08 Å². The molecule has 2 heteroatoms. The van der Waals surface area contributed by atoms with Gasteiger partial charge in [0, 0.05) is 12.1 Å². The Bertz CT molecular complexity index is 649. The van der Waals surface area contributed by atoms with Crippen molar-refractivity contribution in [3.8, 4) is 0 Å². The molecular formula is C24H33NO. The first-order valence-corrected chi connectivity index (χ1v) is 10.5. The van der Waals surface area contributed by atoms with Crippen molar-refractivity contribution in [2.24, 2.45) is 23.2 Å². The Balaban J connectivity index is 1.37. The van der Waals surface area contributed by atoms with Gasteiger partial charge in [-0.05, 0) is 91.7 Å². The molecule has 0 aromatic heterocycles. The van der Waals surface area contributed by atoms with Gasteiger partial charge < -0.3 is 5.32 Å². The van der Waals surface area contributed by atoms with Crippen molar-refractivity contribution in [2.45, 2.75) is 71.3 Å². The highest BCUT2D eigenvalue weighted by atomic mass is 16.1. The molecule has 1 aromatic carbocycles. The fraction of sp³-hybridized carbons (Fsp3) is 0.625. The van der Waals surface area contributed by atoms with Crippen LogP contribution in [0.3, 0.4) is 0 Å². The molecule has 4 aliphatic carbocycles. The van der Waals surface area contributed by atoms with Crippen LogP contribution in [0, 0.1) is 23.2 Å². The number of hydrogen-bond acceptors (Lipinski definition) is 1. The van der Waals surface area contributed by atoms with E-state index in [1.54, 1.807) is 6.08 Å². The second-order valence-electron chi connectivity index (χ2n) is 9.66. The summed E-state index contributed by atoms with van der Waals surface area (Å²) in [5.41, 5.74) is 2.80. The molecular weight excluding hydrogens is 318 g/mol. The molecule has 26 heavy (non-hydrogen) atoms. The van der Waals surface area contributed by atoms with E-state index in [0.717, 1.165) is 23.3 Å². The predicted molar refractivity (Wildman–Crippen MR) is 108 cm³/mol. The molecule has 140 valence electrons. The topological polar surface area (TPSA) is 29.1 Å². The zero-order valence-corrected chi connectivity index (χ0v) is 16.5. The van der Waals surface area contributed by atoms with Gasteiger partial charge in [0.15, 0.2) is 0 Å². The van der Waals surface area contributed by atoms with E-state index in [-0.39, 0.29) is 11.9 Å². The maximum absolute atomic E-state index is 12.5. The highest BCUT2D eigenvalue weighted by molar-refractivity contribution is 5.91. The van der Waals surface area contributed by atoms with Gasteiger partial charge in [0.05, 0.1) is 0 Å². The maximum atomic E-state index is 12.5. The van der Waals surface area contributed by atoms with Crippen LogP contribution in [0.15, 0.2) is 30.3 Å². The Morgan fingerprint density at radius 2 is 1.54 bits per heavy atom. The van der Waals surface area contributed by atoms with E-state index in [9.17, 15) is 4.79 Å². The normalized spacial score (nSPS) is 33.8. The number of hydrogen-bond donors (Lipinski definition) is 1. The molecule has 4 saturated carbocycles. The summed E-state index contributed by atoms with van der Waals surface area (Å²) in [4.78, 5) is 12.5. The van der Waals surface area contributed by atoms with Crippen LogP contribution >= 0.6 is 0 Å². The van der Waals surface area contributed by atoms with E-state index >= 15 is 0 Å². The largest absolute Gasteiger partial charge is 0.350 e. The van der Waals surface area contributed by atoms with Crippen LogP contribution in [0.2, 0.25) is 0 Å². The van der Waals surface area contributed by atoms with Gasteiger partial charge in [-0.2, -0.15) is 0 Å². The molecule has 5 rings (SSSR count). The number of nitrogens with one attached hydrogen (secondary N) is 1. The molecule has 0 radical (unpaired) electrons. The number of carbonyl (C=O) groups is 1. The second-order valence-corrected chi connectivity index (χ2v) is 9.66. The van der Waals surface area contributed by atoms with Crippen LogP contribution in [-0.2, 0) is 4.79 Å². The molecule has 1 aromatic rings. The molecule has 1 unspecified atom stereocenters. The summed E-state index contributed by atoms with van der Waals surface area (Å²) in [5.74, 6) is 3.38. The lowest BCUT2D eigenvalue weighted by atomic mass is 9.48. The Morgan fingerprint density at radius 3 is 2.04 bits per heavy atom. The molecule has 0 heterocycles. The lowest BCUT2D eigenvalue weighted by Crippen LogP contribution is -2.55. The first-order chi connectivity index (χ1) is 12.4. The number of carbonyl (C=O) groups excluding carboxylic acids is 1. The monoisotopic (exact) mass is 351 g/mol. The van der Waals surface area contributed by atoms with E-state index < -0.39 is 0 Å². The summed E-state index contributed by atoms with van der Waals surface area (Å²) in [6, 6.07) is 8.79. The highest BCUT2D eigenvalue weighted by Gasteiger charge is 2.53. The van der Waals surface area contributed by atoms with Crippen LogP contribution in [0.25, 0.3) is 6.08 Å². The van der Waals surface area contributed by atoms with E-state index in [1.165, 1.54) is 44.1 Å². The smallest absolute Gasteiger partial charge is 0.244 e. The molecule has 4 bridgehead atoms. The third kappa shape index (κ3) is 3.48. The van der Waals surface area contributed by atoms with Gasteiger partial charge in [-0.3, -0.25) is 4.79 Å². The van der Waals surface area contributed by atoms with Crippen LogP contribution in [0.5, 0.6) is 0 Å². The predicted octanol–water partition coefficient (Wildman–Crippen LogP) is 5.54. The fourth-order valence-electron chi connectivity index (χ4n) is 6.29. The average Bonchev–Trinajstić information content (AvgIpc) is 2.59. The molecule has 4 fully saturated rings. The van der Waals surface area contributed by atoms with Crippen LogP contribution < -0.4 is 5.32 Å². The third-order valence-electron chi connectivity index (χ3n) is 7.39. The molecule has 0 saturated heterocycles. The minimum absolute atomic E-state index is 0.0566. The Kier molecular flexibility index (Phi) is 4.71. The molecule has 0 spiro atoms. The minimum Gasteiger partial charge on any atom is -0.350 e. The van der Waals surface area contributed by atoms with Crippen LogP contribution in [0.4, 0.5) is 0 Å². The molecule has 1 N–H and O–H groups in total. The lowest BCUT2D eigenvalue weighted by Gasteiger charge is -2.59. The SMILES string of the molecule is CC(C)c1ccc(C=CC(=O)NC(C)C23CC4CC(CC(C4)C2)C3)cc1. The van der Waals surface area contributed by atoms with Crippen LogP contribution in [0.1, 0.15) is 76.3 Å². The van der Waals surface area contributed by atoms with Gasteiger partial charge in [0.2, 0.25) is 5.91 Å². The first-order valence-electron chi connectivity index (χ1n) is 10.5. The van der Waals surface area contributed by atoms with Crippen molar-refractivity contribution in [1.29, 1.82) is 0 Å². The number of amides is 1. The van der Waals surface area contributed by atoms with Crippen molar-refractivity contribution in [3.63, 3.8) is 0 Å². The Hall–Kier alpha value is -1.57. The Labute approximate surface area is 158 Å². The first kappa shape index (κ1) is 17.8. The van der Waals surface area contributed by atoms with Gasteiger partial charge >= 0.3 is 0 Å². The van der Waals surface area contributed by atoms with Crippen molar-refractivity contribution < 1.29 is 4.79 Å². The number of benzene rings is 1. The fourth-order valence-corrected chi connectivity index (χ4v) is 6.29. The van der Waals surface area contributed by atoms with E-state index in [2.05, 4.69) is 50.4 Å². The summed E-state index contributed by atoms with van der Waals surface area (Å²) in [5, 5.41) is 3.31. The van der Waals surface area contributed by atoms with Crippen molar-refractivity contribution in [1.82, 2.24) is 5.32 Å². The molecule has 4 aliphatic rings. The molecule has 2 nitrogen and oxygen atoms in total. The summed E-state index contributed by atoms with van der Waals surface area (Å²) in [7, 11) is 0. The maximum Gasteiger partial charge on any atom is 0.244 e. The standard InChI is InChI=1S/C24H33NO/c1-16(2)22-7-4-18(5-8-22)6-9-23(26)25-17(3)24-13-19-10-20(14-24)12-21(11-19)15-24/h4-9,16-17,19-21H,10-15H2,1-3H3,(H,25,26). The van der Waals surface area contributed by atoms with Gasteiger partial charge in [0.1, 0.15) is 0 Å². The van der Waals surface area contributed by atoms with E-state index in [4.69, 9.17) is 0 Å². The van der Waals surface area contributed by atoms with Gasteiger partial charge in [-0.1, -0.05) is 38.1 Å². The average molecular weight is 352 g/mol. The minimum atomic E-state index is 0.0566. The van der Waals surface area contributed by atoms with Gasteiger partial charge in [-0.25, -0.2) is 0 Å². The zero-order chi connectivity index (χ0) is 18.3. The van der Waals surface area contributed by atoms with Crippen LogP contribution in [-0.4, -0.2) is 11.9 Å². The summed E-state index contributed by atoms with van der Waals surface area (Å²) >= 11 is 0. The molecule has 0 aliphatic heterocycles. The summed E-state index contributed by atoms with van der Waals surface area (Å²) in [6.07, 6.45) is 12.0. The lowest BCUT2D eigenvalue weighted by molar-refractivity contribution is -0.121. The number of rotatable bonds is 5. The summed E-state index contributed by atoms with van der Waals surface area (Å²) in [6.45, 7) is 6.64.